The standard InChI is InChI=1S/C16H21N3O2/c1-16(21)6-7-19(10-16)15(20)13(17)8-11-9-18-14-5-3-2-4-12(11)14/h2-5,9,13,18,21H,6-8,10,17H2,1H3. The number of aliphatic hydroxyl groups is 1. The summed E-state index contributed by atoms with van der Waals surface area (Å²) in [6.45, 7) is 2.70. The molecule has 2 heterocycles. The third kappa shape index (κ3) is 2.80. The predicted octanol–water partition coefficient (Wildman–Crippen LogP) is 1.02. The fourth-order valence-electron chi connectivity index (χ4n) is 2.99. The minimum atomic E-state index is -0.782. The third-order valence-corrected chi connectivity index (χ3v) is 4.20. The lowest BCUT2D eigenvalue weighted by atomic mass is 10.0. The van der Waals surface area contributed by atoms with Gasteiger partial charge in [-0.2, -0.15) is 0 Å². The van der Waals surface area contributed by atoms with Gasteiger partial charge in [-0.05, 0) is 31.4 Å². The van der Waals surface area contributed by atoms with Crippen LogP contribution in [0.2, 0.25) is 0 Å². The van der Waals surface area contributed by atoms with Gasteiger partial charge in [0.2, 0.25) is 5.91 Å². The van der Waals surface area contributed by atoms with Gasteiger partial charge < -0.3 is 20.7 Å². The lowest BCUT2D eigenvalue weighted by molar-refractivity contribution is -0.132. The first-order valence-corrected chi connectivity index (χ1v) is 7.28. The number of aromatic amines is 1. The molecule has 2 aromatic rings. The molecule has 3 rings (SSSR count). The van der Waals surface area contributed by atoms with Crippen LogP contribution < -0.4 is 5.73 Å². The average molecular weight is 287 g/mol. The molecule has 2 unspecified atom stereocenters. The van der Waals surface area contributed by atoms with Crippen molar-refractivity contribution in [2.45, 2.75) is 31.4 Å². The molecule has 0 bridgehead atoms. The molecule has 0 saturated carbocycles. The smallest absolute Gasteiger partial charge is 0.239 e. The first kappa shape index (κ1) is 14.1. The van der Waals surface area contributed by atoms with E-state index in [2.05, 4.69) is 4.98 Å². The number of benzene rings is 1. The summed E-state index contributed by atoms with van der Waals surface area (Å²) in [4.78, 5) is 17.2. The molecule has 4 N–H and O–H groups in total. The van der Waals surface area contributed by atoms with Gasteiger partial charge in [-0.1, -0.05) is 18.2 Å². The molecule has 2 atom stereocenters. The fraction of sp³-hybridized carbons (Fsp3) is 0.438. The first-order chi connectivity index (χ1) is 9.96. The van der Waals surface area contributed by atoms with Crippen LogP contribution in [0.4, 0.5) is 0 Å². The van der Waals surface area contributed by atoms with Gasteiger partial charge in [0.25, 0.3) is 0 Å². The molecule has 5 nitrogen and oxygen atoms in total. The Labute approximate surface area is 123 Å². The van der Waals surface area contributed by atoms with Crippen molar-refractivity contribution >= 4 is 16.8 Å². The van der Waals surface area contributed by atoms with E-state index in [4.69, 9.17) is 5.73 Å². The summed E-state index contributed by atoms with van der Waals surface area (Å²) < 4.78 is 0. The number of rotatable bonds is 3. The van der Waals surface area contributed by atoms with Crippen molar-refractivity contribution < 1.29 is 9.90 Å². The van der Waals surface area contributed by atoms with E-state index in [-0.39, 0.29) is 5.91 Å². The summed E-state index contributed by atoms with van der Waals surface area (Å²) in [5.41, 5.74) is 7.40. The Morgan fingerprint density at radius 1 is 1.52 bits per heavy atom. The lowest BCUT2D eigenvalue weighted by Crippen LogP contribution is -2.45. The number of nitrogens with zero attached hydrogens (tertiary/aromatic N) is 1. The van der Waals surface area contributed by atoms with Crippen LogP contribution in [0.25, 0.3) is 10.9 Å². The molecular weight excluding hydrogens is 266 g/mol. The second-order valence-electron chi connectivity index (χ2n) is 6.18. The second-order valence-corrected chi connectivity index (χ2v) is 6.18. The maximum Gasteiger partial charge on any atom is 0.239 e. The van der Waals surface area contributed by atoms with Crippen LogP contribution in [0, 0.1) is 0 Å². The molecule has 1 saturated heterocycles. The highest BCUT2D eigenvalue weighted by Gasteiger charge is 2.35. The van der Waals surface area contributed by atoms with Crippen molar-refractivity contribution in [1.29, 1.82) is 0 Å². The molecule has 1 aromatic carbocycles. The number of nitrogens with two attached hydrogens (primary N) is 1. The normalized spacial score (nSPS) is 23.7. The van der Waals surface area contributed by atoms with Gasteiger partial charge in [-0.25, -0.2) is 0 Å². The average Bonchev–Trinajstić information content (AvgIpc) is 3.02. The maximum absolute atomic E-state index is 12.4. The van der Waals surface area contributed by atoms with Crippen LogP contribution in [0.1, 0.15) is 18.9 Å². The molecule has 1 aliphatic heterocycles. The van der Waals surface area contributed by atoms with E-state index in [1.165, 1.54) is 0 Å². The Balaban J connectivity index is 1.71. The molecule has 112 valence electrons. The van der Waals surface area contributed by atoms with Crippen molar-refractivity contribution in [3.8, 4) is 0 Å². The zero-order valence-corrected chi connectivity index (χ0v) is 12.2. The Hall–Kier alpha value is -1.85. The maximum atomic E-state index is 12.4. The lowest BCUT2D eigenvalue weighted by Gasteiger charge is -2.22. The molecule has 5 heteroatoms. The quantitative estimate of drug-likeness (QED) is 0.788. The Morgan fingerprint density at radius 3 is 3.00 bits per heavy atom. The summed E-state index contributed by atoms with van der Waals surface area (Å²) >= 11 is 0. The van der Waals surface area contributed by atoms with E-state index in [0.29, 0.717) is 25.9 Å². The second kappa shape index (κ2) is 5.16. The topological polar surface area (TPSA) is 82.3 Å². The van der Waals surface area contributed by atoms with Crippen molar-refractivity contribution in [1.82, 2.24) is 9.88 Å². The van der Waals surface area contributed by atoms with Crippen LogP contribution in [-0.4, -0.2) is 45.6 Å². The van der Waals surface area contributed by atoms with E-state index < -0.39 is 11.6 Å². The van der Waals surface area contributed by atoms with Gasteiger partial charge in [0, 0.05) is 30.2 Å². The number of hydrogen-bond donors (Lipinski definition) is 3. The van der Waals surface area contributed by atoms with Crippen molar-refractivity contribution in [3.05, 3.63) is 36.0 Å². The van der Waals surface area contributed by atoms with Crippen molar-refractivity contribution in [2.75, 3.05) is 13.1 Å². The molecule has 0 spiro atoms. The highest BCUT2D eigenvalue weighted by atomic mass is 16.3. The SMILES string of the molecule is CC1(O)CCN(C(=O)C(N)Cc2c[nH]c3ccccc23)C1. The number of para-hydroxylation sites is 1. The summed E-state index contributed by atoms with van der Waals surface area (Å²) in [5, 5.41) is 11.1. The number of β-amino-alcohol motifs (C(OH)–C–C–N with tert-alkyl or cyclic N) is 1. The zero-order chi connectivity index (χ0) is 15.0. The molecule has 1 amide bonds. The number of nitrogens with one attached hydrogen (secondary N) is 1. The Kier molecular flexibility index (Phi) is 3.47. The number of fused-ring (bicyclic) bond motifs is 1. The highest BCUT2D eigenvalue weighted by Crippen LogP contribution is 2.22. The molecule has 21 heavy (non-hydrogen) atoms. The minimum Gasteiger partial charge on any atom is -0.388 e. The molecular formula is C16H21N3O2. The van der Waals surface area contributed by atoms with E-state index in [1.807, 2.05) is 30.5 Å². The largest absolute Gasteiger partial charge is 0.388 e. The van der Waals surface area contributed by atoms with E-state index in [1.54, 1.807) is 11.8 Å². The van der Waals surface area contributed by atoms with Crippen LogP contribution in [-0.2, 0) is 11.2 Å². The number of H-pyrrole nitrogens is 1. The third-order valence-electron chi connectivity index (χ3n) is 4.20. The van der Waals surface area contributed by atoms with Gasteiger partial charge in [0.05, 0.1) is 11.6 Å². The first-order valence-electron chi connectivity index (χ1n) is 7.28. The van der Waals surface area contributed by atoms with Gasteiger partial charge in [0.15, 0.2) is 0 Å². The van der Waals surface area contributed by atoms with Gasteiger partial charge in [0.1, 0.15) is 0 Å². The van der Waals surface area contributed by atoms with E-state index in [9.17, 15) is 9.90 Å². The molecule has 1 aromatic heterocycles. The van der Waals surface area contributed by atoms with Crippen LogP contribution >= 0.6 is 0 Å². The number of carbonyl (C=O) groups excluding carboxylic acids is 1. The summed E-state index contributed by atoms with van der Waals surface area (Å²) in [6.07, 6.45) is 3.03. The van der Waals surface area contributed by atoms with Gasteiger partial charge in [-0.15, -0.1) is 0 Å². The van der Waals surface area contributed by atoms with Crippen LogP contribution in [0.3, 0.4) is 0 Å². The van der Waals surface area contributed by atoms with Crippen LogP contribution in [0.5, 0.6) is 0 Å². The fourth-order valence-corrected chi connectivity index (χ4v) is 2.99. The molecule has 0 aliphatic carbocycles. The highest BCUT2D eigenvalue weighted by molar-refractivity contribution is 5.86. The van der Waals surface area contributed by atoms with Crippen LogP contribution in [0.15, 0.2) is 30.5 Å². The van der Waals surface area contributed by atoms with Crippen molar-refractivity contribution in [2.24, 2.45) is 5.73 Å². The van der Waals surface area contributed by atoms with E-state index in [0.717, 1.165) is 16.5 Å². The number of carbonyl (C=O) groups is 1. The van der Waals surface area contributed by atoms with Gasteiger partial charge >= 0.3 is 0 Å². The summed E-state index contributed by atoms with van der Waals surface area (Å²) in [5.74, 6) is -0.0851. The molecule has 1 aliphatic rings. The van der Waals surface area contributed by atoms with Gasteiger partial charge in [-0.3, -0.25) is 4.79 Å². The minimum absolute atomic E-state index is 0.0851. The number of likely N-dealkylation sites (tertiary alicyclic amines) is 1. The number of aromatic nitrogens is 1. The monoisotopic (exact) mass is 287 g/mol. The number of amides is 1. The molecule has 1 fully saturated rings. The van der Waals surface area contributed by atoms with E-state index >= 15 is 0 Å². The number of hydrogen-bond acceptors (Lipinski definition) is 3. The Morgan fingerprint density at radius 2 is 2.29 bits per heavy atom. The Bertz CT molecular complexity index is 662. The van der Waals surface area contributed by atoms with Crippen molar-refractivity contribution in [3.63, 3.8) is 0 Å². The summed E-state index contributed by atoms with van der Waals surface area (Å²) in [7, 11) is 0. The summed E-state index contributed by atoms with van der Waals surface area (Å²) in [6, 6.07) is 7.41. The molecule has 0 radical (unpaired) electrons. The zero-order valence-electron chi connectivity index (χ0n) is 12.2. The predicted molar refractivity (Wildman–Crippen MR) is 81.8 cm³/mol.